The van der Waals surface area contributed by atoms with Gasteiger partial charge in [0, 0.05) is 18.0 Å². The summed E-state index contributed by atoms with van der Waals surface area (Å²) in [4.78, 5) is 24.1. The van der Waals surface area contributed by atoms with Crippen molar-refractivity contribution in [1.29, 1.82) is 0 Å². The number of nitrogens with one attached hydrogen (secondary N) is 2. The number of hydrogen-bond donors (Lipinski definition) is 2. The van der Waals surface area contributed by atoms with Crippen molar-refractivity contribution in [3.63, 3.8) is 0 Å². The molecule has 3 rings (SSSR count). The molecule has 0 fully saturated rings. The number of rotatable bonds is 4. The molecule has 27 heavy (non-hydrogen) atoms. The number of fused-ring (bicyclic) bond motifs is 1. The van der Waals surface area contributed by atoms with E-state index in [0.29, 0.717) is 22.5 Å². The molecule has 6 heteroatoms. The largest absolute Gasteiger partial charge is 0.493 e. The standard InChI is InChI=1S/C21H18N2O4/c1-22-20(24)16-10-4-3-7-14(16)9-6-12-23-21(25)18-13-15-8-5-11-17(26-2)19(15)27-18/h3-5,7-8,10-11,13H,12H2,1-2H3,(H,22,24)(H,23,25). The third-order valence-electron chi connectivity index (χ3n) is 3.91. The van der Waals surface area contributed by atoms with E-state index in [-0.39, 0.29) is 24.1 Å². The normalized spacial score (nSPS) is 10.0. The predicted molar refractivity (Wildman–Crippen MR) is 102 cm³/mol. The molecule has 3 aromatic rings. The Bertz CT molecular complexity index is 1060. The van der Waals surface area contributed by atoms with Crippen LogP contribution in [0.25, 0.3) is 11.0 Å². The molecule has 0 aliphatic carbocycles. The second kappa shape index (κ2) is 8.11. The number of hydrogen-bond acceptors (Lipinski definition) is 4. The molecule has 0 aliphatic heterocycles. The van der Waals surface area contributed by atoms with E-state index in [1.807, 2.05) is 12.1 Å². The van der Waals surface area contributed by atoms with Crippen LogP contribution in [0.4, 0.5) is 0 Å². The summed E-state index contributed by atoms with van der Waals surface area (Å²) in [5, 5.41) is 6.04. The van der Waals surface area contributed by atoms with E-state index < -0.39 is 0 Å². The molecule has 0 saturated heterocycles. The number of amides is 2. The number of furan rings is 1. The first-order chi connectivity index (χ1) is 13.1. The van der Waals surface area contributed by atoms with E-state index >= 15 is 0 Å². The topological polar surface area (TPSA) is 80.6 Å². The summed E-state index contributed by atoms with van der Waals surface area (Å²) in [6, 6.07) is 14.1. The van der Waals surface area contributed by atoms with E-state index in [0.717, 1.165) is 5.39 Å². The van der Waals surface area contributed by atoms with Crippen LogP contribution < -0.4 is 15.4 Å². The molecular weight excluding hydrogens is 344 g/mol. The molecule has 1 aromatic heterocycles. The summed E-state index contributed by atoms with van der Waals surface area (Å²) in [7, 11) is 3.11. The first-order valence-corrected chi connectivity index (χ1v) is 8.28. The lowest BCUT2D eigenvalue weighted by Gasteiger charge is -2.02. The number of methoxy groups -OCH3 is 1. The Morgan fingerprint density at radius 3 is 2.70 bits per heavy atom. The van der Waals surface area contributed by atoms with Gasteiger partial charge < -0.3 is 19.8 Å². The summed E-state index contributed by atoms with van der Waals surface area (Å²) in [6.07, 6.45) is 0. The van der Waals surface area contributed by atoms with Crippen LogP contribution in [0.5, 0.6) is 5.75 Å². The van der Waals surface area contributed by atoms with Gasteiger partial charge in [-0.25, -0.2) is 0 Å². The molecule has 2 aromatic carbocycles. The molecule has 0 spiro atoms. The fourth-order valence-electron chi connectivity index (χ4n) is 2.58. The zero-order valence-corrected chi connectivity index (χ0v) is 15.0. The van der Waals surface area contributed by atoms with Crippen LogP contribution in [0.2, 0.25) is 0 Å². The number of benzene rings is 2. The molecule has 0 unspecified atom stereocenters. The quantitative estimate of drug-likeness (QED) is 0.699. The van der Waals surface area contributed by atoms with Gasteiger partial charge in [-0.2, -0.15) is 0 Å². The first kappa shape index (κ1) is 18.1. The highest BCUT2D eigenvalue weighted by Gasteiger charge is 2.14. The van der Waals surface area contributed by atoms with Gasteiger partial charge in [-0.3, -0.25) is 9.59 Å². The van der Waals surface area contributed by atoms with Gasteiger partial charge in [-0.1, -0.05) is 36.1 Å². The Labute approximate surface area is 156 Å². The van der Waals surface area contributed by atoms with Crippen molar-refractivity contribution in [2.24, 2.45) is 0 Å². The smallest absolute Gasteiger partial charge is 0.287 e. The summed E-state index contributed by atoms with van der Waals surface area (Å²) >= 11 is 0. The second-order valence-corrected chi connectivity index (χ2v) is 5.60. The van der Waals surface area contributed by atoms with E-state index in [2.05, 4.69) is 22.5 Å². The maximum Gasteiger partial charge on any atom is 0.287 e. The van der Waals surface area contributed by atoms with Crippen LogP contribution in [0.1, 0.15) is 26.5 Å². The predicted octanol–water partition coefficient (Wildman–Crippen LogP) is 2.58. The number of carbonyl (C=O) groups is 2. The lowest BCUT2D eigenvalue weighted by atomic mass is 10.1. The molecule has 6 nitrogen and oxygen atoms in total. The highest BCUT2D eigenvalue weighted by atomic mass is 16.5. The van der Waals surface area contributed by atoms with Crippen molar-refractivity contribution >= 4 is 22.8 Å². The lowest BCUT2D eigenvalue weighted by Crippen LogP contribution is -2.23. The van der Waals surface area contributed by atoms with Crippen LogP contribution in [0.3, 0.4) is 0 Å². The average molecular weight is 362 g/mol. The Balaban J connectivity index is 1.70. The molecule has 2 amide bonds. The molecule has 1 heterocycles. The van der Waals surface area contributed by atoms with Crippen molar-refractivity contribution in [1.82, 2.24) is 10.6 Å². The maximum absolute atomic E-state index is 12.3. The van der Waals surface area contributed by atoms with Gasteiger partial charge in [-0.15, -0.1) is 0 Å². The minimum Gasteiger partial charge on any atom is -0.493 e. The Morgan fingerprint density at radius 1 is 1.11 bits per heavy atom. The minimum absolute atomic E-state index is 0.120. The van der Waals surface area contributed by atoms with Gasteiger partial charge in [0.2, 0.25) is 0 Å². The fraction of sp³-hybridized carbons (Fsp3) is 0.143. The minimum atomic E-state index is -0.373. The van der Waals surface area contributed by atoms with Crippen molar-refractivity contribution in [3.05, 3.63) is 65.4 Å². The van der Waals surface area contributed by atoms with Gasteiger partial charge in [0.15, 0.2) is 17.1 Å². The average Bonchev–Trinajstić information content (AvgIpc) is 3.15. The Hall–Kier alpha value is -3.72. The monoisotopic (exact) mass is 362 g/mol. The lowest BCUT2D eigenvalue weighted by molar-refractivity contribution is 0.0931. The van der Waals surface area contributed by atoms with Gasteiger partial charge in [0.25, 0.3) is 11.8 Å². The second-order valence-electron chi connectivity index (χ2n) is 5.60. The SMILES string of the molecule is CNC(=O)c1ccccc1C#CCNC(=O)c1cc2cccc(OC)c2o1. The highest BCUT2D eigenvalue weighted by Crippen LogP contribution is 2.28. The molecule has 2 N–H and O–H groups in total. The summed E-state index contributed by atoms with van der Waals surface area (Å²) in [5.74, 6) is 5.92. The number of carbonyl (C=O) groups excluding carboxylic acids is 2. The van der Waals surface area contributed by atoms with Gasteiger partial charge in [0.05, 0.1) is 19.2 Å². The maximum atomic E-state index is 12.3. The van der Waals surface area contributed by atoms with Crippen LogP contribution in [0.15, 0.2) is 52.9 Å². The summed E-state index contributed by atoms with van der Waals surface area (Å²) < 4.78 is 10.8. The van der Waals surface area contributed by atoms with Crippen LogP contribution in [0, 0.1) is 11.8 Å². The van der Waals surface area contributed by atoms with Crippen LogP contribution in [-0.4, -0.2) is 32.5 Å². The van der Waals surface area contributed by atoms with Crippen molar-refractivity contribution in [3.8, 4) is 17.6 Å². The Morgan fingerprint density at radius 2 is 1.93 bits per heavy atom. The molecule has 0 atom stereocenters. The number of para-hydroxylation sites is 1. The van der Waals surface area contributed by atoms with E-state index in [1.165, 1.54) is 0 Å². The molecule has 136 valence electrons. The van der Waals surface area contributed by atoms with E-state index in [1.54, 1.807) is 50.6 Å². The molecule has 0 saturated carbocycles. The summed E-state index contributed by atoms with van der Waals surface area (Å²) in [5.41, 5.74) is 1.61. The van der Waals surface area contributed by atoms with Gasteiger partial charge in [-0.05, 0) is 24.3 Å². The van der Waals surface area contributed by atoms with Crippen molar-refractivity contribution in [2.75, 3.05) is 20.7 Å². The van der Waals surface area contributed by atoms with Gasteiger partial charge in [0.1, 0.15) is 0 Å². The Kier molecular flexibility index (Phi) is 5.43. The molecular formula is C21H18N2O4. The zero-order valence-electron chi connectivity index (χ0n) is 15.0. The first-order valence-electron chi connectivity index (χ1n) is 8.28. The highest BCUT2D eigenvalue weighted by molar-refractivity contribution is 5.97. The fourth-order valence-corrected chi connectivity index (χ4v) is 2.58. The summed E-state index contributed by atoms with van der Waals surface area (Å²) in [6.45, 7) is 0.120. The zero-order chi connectivity index (χ0) is 19.2. The van der Waals surface area contributed by atoms with Crippen LogP contribution >= 0.6 is 0 Å². The van der Waals surface area contributed by atoms with Gasteiger partial charge >= 0.3 is 0 Å². The third kappa shape index (κ3) is 3.93. The molecule has 0 radical (unpaired) electrons. The van der Waals surface area contributed by atoms with Crippen LogP contribution in [-0.2, 0) is 0 Å². The van der Waals surface area contributed by atoms with E-state index in [9.17, 15) is 9.59 Å². The molecule has 0 aliphatic rings. The van der Waals surface area contributed by atoms with E-state index in [4.69, 9.17) is 9.15 Å². The van der Waals surface area contributed by atoms with Crippen molar-refractivity contribution in [2.45, 2.75) is 0 Å². The van der Waals surface area contributed by atoms with Crippen molar-refractivity contribution < 1.29 is 18.7 Å². The number of ether oxygens (including phenoxy) is 1. The molecule has 0 bridgehead atoms. The third-order valence-corrected chi connectivity index (χ3v) is 3.91.